The van der Waals surface area contributed by atoms with E-state index in [0.717, 1.165) is 0 Å². The molecule has 0 aliphatic carbocycles. The average Bonchev–Trinajstić information content (AvgIpc) is 2.54. The zero-order valence-electron chi connectivity index (χ0n) is 12.8. The van der Waals surface area contributed by atoms with Crippen LogP contribution in [0.1, 0.15) is 25.3 Å². The van der Waals surface area contributed by atoms with Crippen LogP contribution in [0.25, 0.3) is 6.08 Å². The molecule has 1 aliphatic rings. The smallest absolute Gasteiger partial charge is 0.246 e. The summed E-state index contributed by atoms with van der Waals surface area (Å²) in [5.41, 5.74) is 0.716. The summed E-state index contributed by atoms with van der Waals surface area (Å²) in [6.07, 6.45) is 4.11. The minimum absolute atomic E-state index is 0.136. The molecule has 7 heteroatoms. The Kier molecular flexibility index (Phi) is 6.12. The van der Waals surface area contributed by atoms with Crippen LogP contribution in [0.3, 0.4) is 0 Å². The Bertz CT molecular complexity index is 708. The lowest BCUT2D eigenvalue weighted by molar-refractivity contribution is -0.126. The fraction of sp³-hybridized carbons (Fsp3) is 0.438. The van der Waals surface area contributed by atoms with E-state index in [2.05, 4.69) is 0 Å². The Morgan fingerprint density at radius 1 is 1.30 bits per heavy atom. The topological polar surface area (TPSA) is 54.5 Å². The van der Waals surface area contributed by atoms with Crippen molar-refractivity contribution >= 4 is 45.0 Å². The van der Waals surface area contributed by atoms with Gasteiger partial charge in [0.2, 0.25) is 5.91 Å². The molecule has 1 heterocycles. The van der Waals surface area contributed by atoms with Gasteiger partial charge in [-0.25, -0.2) is 8.42 Å². The molecule has 23 heavy (non-hydrogen) atoms. The molecular weight excluding hydrogens is 357 g/mol. The van der Waals surface area contributed by atoms with Crippen molar-refractivity contribution in [2.45, 2.75) is 25.0 Å². The molecule has 1 saturated heterocycles. The number of hydrogen-bond acceptors (Lipinski definition) is 3. The molecule has 1 aromatic carbocycles. The summed E-state index contributed by atoms with van der Waals surface area (Å²) in [6, 6.07) is 5.07. The van der Waals surface area contributed by atoms with Crippen molar-refractivity contribution in [3.8, 4) is 0 Å². The molecule has 0 spiro atoms. The molecule has 0 unspecified atom stereocenters. The Labute approximate surface area is 147 Å². The van der Waals surface area contributed by atoms with Crippen molar-refractivity contribution in [1.29, 1.82) is 0 Å². The third-order valence-corrected chi connectivity index (χ3v) is 6.89. The second-order valence-corrected chi connectivity index (χ2v) is 8.89. The fourth-order valence-corrected chi connectivity index (χ4v) is 4.45. The second-order valence-electron chi connectivity index (χ2n) is 5.48. The van der Waals surface area contributed by atoms with Crippen molar-refractivity contribution < 1.29 is 13.2 Å². The van der Waals surface area contributed by atoms with E-state index < -0.39 is 9.84 Å². The highest BCUT2D eigenvalue weighted by Gasteiger charge is 2.29. The van der Waals surface area contributed by atoms with Crippen molar-refractivity contribution in [1.82, 2.24) is 4.90 Å². The maximum Gasteiger partial charge on any atom is 0.246 e. The van der Waals surface area contributed by atoms with Gasteiger partial charge in [0.1, 0.15) is 0 Å². The summed E-state index contributed by atoms with van der Waals surface area (Å²) in [4.78, 5) is 13.9. The summed E-state index contributed by atoms with van der Waals surface area (Å²) >= 11 is 11.9. The molecular formula is C16H19Cl2NO3S. The van der Waals surface area contributed by atoms with E-state index in [0.29, 0.717) is 41.5 Å². The molecule has 1 aromatic rings. The number of sulfone groups is 1. The van der Waals surface area contributed by atoms with E-state index in [-0.39, 0.29) is 16.9 Å². The SMILES string of the molecule is CCS(=O)(=O)C1CCN(C(=O)/C=C/c2ccc(Cl)cc2Cl)CC1. The lowest BCUT2D eigenvalue weighted by Gasteiger charge is -2.30. The second kappa shape index (κ2) is 7.69. The third-order valence-electron chi connectivity index (χ3n) is 4.03. The zero-order chi connectivity index (χ0) is 17.0. The average molecular weight is 376 g/mol. The highest BCUT2D eigenvalue weighted by Crippen LogP contribution is 2.23. The number of carbonyl (C=O) groups is 1. The van der Waals surface area contributed by atoms with Gasteiger partial charge in [0.15, 0.2) is 9.84 Å². The Hall–Kier alpha value is -1.04. The molecule has 2 rings (SSSR count). The van der Waals surface area contributed by atoms with Gasteiger partial charge < -0.3 is 4.90 Å². The van der Waals surface area contributed by atoms with Crippen molar-refractivity contribution in [2.24, 2.45) is 0 Å². The number of halogens is 2. The van der Waals surface area contributed by atoms with E-state index in [1.54, 1.807) is 36.1 Å². The Balaban J connectivity index is 1.96. The third kappa shape index (κ3) is 4.72. The molecule has 0 atom stereocenters. The quantitative estimate of drug-likeness (QED) is 0.757. The Morgan fingerprint density at radius 2 is 1.96 bits per heavy atom. The lowest BCUT2D eigenvalue weighted by atomic mass is 10.1. The number of amides is 1. The van der Waals surface area contributed by atoms with Crippen LogP contribution in [0.5, 0.6) is 0 Å². The predicted molar refractivity (Wildman–Crippen MR) is 94.6 cm³/mol. The molecule has 0 bridgehead atoms. The van der Waals surface area contributed by atoms with Gasteiger partial charge in [0, 0.05) is 35.0 Å². The number of rotatable bonds is 4. The molecule has 126 valence electrons. The number of nitrogens with zero attached hydrogens (tertiary/aromatic N) is 1. The van der Waals surface area contributed by atoms with Crippen LogP contribution in [0, 0.1) is 0 Å². The largest absolute Gasteiger partial charge is 0.339 e. The first-order valence-electron chi connectivity index (χ1n) is 7.47. The summed E-state index contributed by atoms with van der Waals surface area (Å²) in [5.74, 6) is 0.0176. The number of carbonyl (C=O) groups excluding carboxylic acids is 1. The van der Waals surface area contributed by atoms with Gasteiger partial charge in [0.05, 0.1) is 5.25 Å². The van der Waals surface area contributed by atoms with Crippen molar-refractivity contribution in [2.75, 3.05) is 18.8 Å². The van der Waals surface area contributed by atoms with E-state index in [1.165, 1.54) is 6.08 Å². The maximum absolute atomic E-state index is 12.2. The number of benzene rings is 1. The molecule has 4 nitrogen and oxygen atoms in total. The summed E-state index contributed by atoms with van der Waals surface area (Å²) < 4.78 is 23.7. The van der Waals surface area contributed by atoms with Gasteiger partial charge >= 0.3 is 0 Å². The fourth-order valence-electron chi connectivity index (χ4n) is 2.57. The standard InChI is InChI=1S/C16H19Cl2NO3S/c1-2-23(21,22)14-7-9-19(10-8-14)16(20)6-4-12-3-5-13(17)11-15(12)18/h3-6,11,14H,2,7-10H2,1H3/b6-4+. The van der Waals surface area contributed by atoms with Crippen LogP contribution in [0.15, 0.2) is 24.3 Å². The molecule has 0 aromatic heterocycles. The molecule has 1 aliphatic heterocycles. The lowest BCUT2D eigenvalue weighted by Crippen LogP contribution is -2.42. The van der Waals surface area contributed by atoms with Gasteiger partial charge in [-0.1, -0.05) is 36.2 Å². The number of piperidine rings is 1. The van der Waals surface area contributed by atoms with Gasteiger partial charge in [0.25, 0.3) is 0 Å². The minimum Gasteiger partial charge on any atom is -0.339 e. The zero-order valence-corrected chi connectivity index (χ0v) is 15.2. The summed E-state index contributed by atoms with van der Waals surface area (Å²) in [7, 11) is -3.02. The molecule has 0 N–H and O–H groups in total. The van der Waals surface area contributed by atoms with Crippen LogP contribution in [0.4, 0.5) is 0 Å². The molecule has 0 radical (unpaired) electrons. The van der Waals surface area contributed by atoms with Crippen LogP contribution >= 0.6 is 23.2 Å². The minimum atomic E-state index is -3.02. The molecule has 1 amide bonds. The Morgan fingerprint density at radius 3 is 2.52 bits per heavy atom. The van der Waals surface area contributed by atoms with Crippen molar-refractivity contribution in [3.05, 3.63) is 39.9 Å². The van der Waals surface area contributed by atoms with Crippen molar-refractivity contribution in [3.63, 3.8) is 0 Å². The first kappa shape index (κ1) is 18.3. The maximum atomic E-state index is 12.2. The first-order valence-corrected chi connectivity index (χ1v) is 9.94. The highest BCUT2D eigenvalue weighted by atomic mass is 35.5. The summed E-state index contributed by atoms with van der Waals surface area (Å²) in [6.45, 7) is 2.58. The van der Waals surface area contributed by atoms with Crippen LogP contribution in [0.2, 0.25) is 10.0 Å². The first-order chi connectivity index (χ1) is 10.8. The van der Waals surface area contributed by atoms with Gasteiger partial charge in [-0.15, -0.1) is 0 Å². The van der Waals surface area contributed by atoms with Crippen LogP contribution in [-0.4, -0.2) is 43.3 Å². The monoisotopic (exact) mass is 375 g/mol. The van der Waals surface area contributed by atoms with E-state index in [4.69, 9.17) is 23.2 Å². The normalized spacial score (nSPS) is 16.9. The van der Waals surface area contributed by atoms with E-state index >= 15 is 0 Å². The van der Waals surface area contributed by atoms with Crippen LogP contribution < -0.4 is 0 Å². The molecule has 1 fully saturated rings. The summed E-state index contributed by atoms with van der Waals surface area (Å²) in [5, 5.41) is 0.693. The van der Waals surface area contributed by atoms with E-state index in [1.807, 2.05) is 0 Å². The van der Waals surface area contributed by atoms with Gasteiger partial charge in [-0.3, -0.25) is 4.79 Å². The number of hydrogen-bond donors (Lipinski definition) is 0. The number of likely N-dealkylation sites (tertiary alicyclic amines) is 1. The van der Waals surface area contributed by atoms with Gasteiger partial charge in [-0.2, -0.15) is 0 Å². The predicted octanol–water partition coefficient (Wildman–Crippen LogP) is 3.43. The highest BCUT2D eigenvalue weighted by molar-refractivity contribution is 7.92. The van der Waals surface area contributed by atoms with Crippen LogP contribution in [-0.2, 0) is 14.6 Å². The van der Waals surface area contributed by atoms with Gasteiger partial charge in [-0.05, 0) is 36.6 Å². The van der Waals surface area contributed by atoms with E-state index in [9.17, 15) is 13.2 Å². The molecule has 0 saturated carbocycles.